The van der Waals surface area contributed by atoms with Gasteiger partial charge in [0.25, 0.3) is 0 Å². The van der Waals surface area contributed by atoms with Crippen molar-refractivity contribution in [2.45, 2.75) is 38.3 Å². The highest BCUT2D eigenvalue weighted by Gasteiger charge is 2.34. The van der Waals surface area contributed by atoms with E-state index in [1.54, 1.807) is 0 Å². The van der Waals surface area contributed by atoms with Crippen molar-refractivity contribution in [1.29, 1.82) is 0 Å². The van der Waals surface area contributed by atoms with Crippen LogP contribution in [0.15, 0.2) is 24.3 Å². The number of aryl methyl sites for hydroxylation is 1. The van der Waals surface area contributed by atoms with Crippen LogP contribution in [0.1, 0.15) is 36.9 Å². The monoisotopic (exact) mass is 232 g/mol. The number of nitrogens with two attached hydrogens (primary N) is 1. The van der Waals surface area contributed by atoms with Gasteiger partial charge in [-0.25, -0.2) is 0 Å². The largest absolute Gasteiger partial charge is 0.328 e. The fourth-order valence-electron chi connectivity index (χ4n) is 2.91. The molecule has 0 bridgehead atoms. The lowest BCUT2D eigenvalue weighted by atomic mass is 9.73. The molecule has 0 amide bonds. The second-order valence-electron chi connectivity index (χ2n) is 5.50. The molecule has 2 rings (SSSR count). The molecule has 1 aliphatic rings. The molecule has 0 heterocycles. The average Bonchev–Trinajstić information content (AvgIpc) is 2.27. The lowest BCUT2D eigenvalue weighted by Crippen LogP contribution is -2.43. The predicted octanol–water partition coefficient (Wildman–Crippen LogP) is 2.59. The van der Waals surface area contributed by atoms with Crippen LogP contribution in [0, 0.1) is 5.92 Å². The molecule has 0 saturated heterocycles. The normalized spacial score (nSPS) is 25.7. The van der Waals surface area contributed by atoms with E-state index in [4.69, 9.17) is 5.73 Å². The standard InChI is InChI=1S/C15H24N2/c1-4-11-5-7-12(8-6-11)15(17(2)3)13-9-14(16)10-13/h5-8,13-15H,4,9-10,16H2,1-3H3. The highest BCUT2D eigenvalue weighted by atomic mass is 15.1. The topological polar surface area (TPSA) is 29.3 Å². The van der Waals surface area contributed by atoms with Crippen LogP contribution < -0.4 is 5.73 Å². The molecule has 1 saturated carbocycles. The molecule has 2 nitrogen and oxygen atoms in total. The maximum atomic E-state index is 5.91. The Labute approximate surface area is 105 Å². The van der Waals surface area contributed by atoms with Gasteiger partial charge < -0.3 is 10.6 Å². The first-order chi connectivity index (χ1) is 8.11. The van der Waals surface area contributed by atoms with E-state index < -0.39 is 0 Å². The van der Waals surface area contributed by atoms with E-state index in [1.807, 2.05) is 0 Å². The van der Waals surface area contributed by atoms with Gasteiger partial charge in [0.2, 0.25) is 0 Å². The second-order valence-corrected chi connectivity index (χ2v) is 5.50. The van der Waals surface area contributed by atoms with E-state index in [0.29, 0.717) is 12.1 Å². The molecular formula is C15H24N2. The molecule has 1 aromatic rings. The van der Waals surface area contributed by atoms with Gasteiger partial charge in [0, 0.05) is 12.1 Å². The number of benzene rings is 1. The molecule has 94 valence electrons. The lowest BCUT2D eigenvalue weighted by molar-refractivity contribution is 0.123. The molecule has 2 N–H and O–H groups in total. The van der Waals surface area contributed by atoms with Crippen LogP contribution in [-0.4, -0.2) is 25.0 Å². The van der Waals surface area contributed by atoms with Crippen molar-refractivity contribution in [3.05, 3.63) is 35.4 Å². The molecule has 1 atom stereocenters. The third kappa shape index (κ3) is 2.70. The van der Waals surface area contributed by atoms with Crippen LogP contribution in [0.2, 0.25) is 0 Å². The number of hydrogen-bond acceptors (Lipinski definition) is 2. The molecule has 0 radical (unpaired) electrons. The summed E-state index contributed by atoms with van der Waals surface area (Å²) in [7, 11) is 4.34. The van der Waals surface area contributed by atoms with Crippen LogP contribution >= 0.6 is 0 Å². The summed E-state index contributed by atoms with van der Waals surface area (Å²) in [4.78, 5) is 2.33. The zero-order chi connectivity index (χ0) is 12.4. The molecular weight excluding hydrogens is 208 g/mol. The first kappa shape index (κ1) is 12.6. The predicted molar refractivity (Wildman–Crippen MR) is 72.9 cm³/mol. The maximum absolute atomic E-state index is 5.91. The quantitative estimate of drug-likeness (QED) is 0.864. The van der Waals surface area contributed by atoms with Gasteiger partial charge in [0.15, 0.2) is 0 Å². The van der Waals surface area contributed by atoms with Crippen LogP contribution in [0.3, 0.4) is 0 Å². The molecule has 2 heteroatoms. The third-order valence-corrected chi connectivity index (χ3v) is 3.94. The SMILES string of the molecule is CCc1ccc(C(C2CC(N)C2)N(C)C)cc1. The van der Waals surface area contributed by atoms with Crippen molar-refractivity contribution < 1.29 is 0 Å². The fraction of sp³-hybridized carbons (Fsp3) is 0.600. The second kappa shape index (κ2) is 5.19. The molecule has 1 fully saturated rings. The maximum Gasteiger partial charge on any atom is 0.0371 e. The van der Waals surface area contributed by atoms with Crippen LogP contribution in [0.5, 0.6) is 0 Å². The highest BCUT2D eigenvalue weighted by Crippen LogP contribution is 2.39. The van der Waals surface area contributed by atoms with Crippen molar-refractivity contribution in [1.82, 2.24) is 4.90 Å². The van der Waals surface area contributed by atoms with Gasteiger partial charge >= 0.3 is 0 Å². The van der Waals surface area contributed by atoms with Gasteiger partial charge in [0.05, 0.1) is 0 Å². The van der Waals surface area contributed by atoms with Crippen LogP contribution in [0.25, 0.3) is 0 Å². The Balaban J connectivity index is 2.14. The lowest BCUT2D eigenvalue weighted by Gasteiger charge is -2.42. The fourth-order valence-corrected chi connectivity index (χ4v) is 2.91. The van der Waals surface area contributed by atoms with Crippen molar-refractivity contribution in [2.75, 3.05) is 14.1 Å². The number of rotatable bonds is 4. The Morgan fingerprint density at radius 3 is 2.24 bits per heavy atom. The Hall–Kier alpha value is -0.860. The minimum Gasteiger partial charge on any atom is -0.328 e. The van der Waals surface area contributed by atoms with Crippen molar-refractivity contribution in [3.8, 4) is 0 Å². The van der Waals surface area contributed by atoms with Gasteiger partial charge in [-0.1, -0.05) is 31.2 Å². The Morgan fingerprint density at radius 1 is 1.24 bits per heavy atom. The first-order valence-corrected chi connectivity index (χ1v) is 6.62. The Bertz CT molecular complexity index is 350. The smallest absolute Gasteiger partial charge is 0.0371 e. The summed E-state index contributed by atoms with van der Waals surface area (Å²) in [6.45, 7) is 2.20. The van der Waals surface area contributed by atoms with Crippen molar-refractivity contribution in [2.24, 2.45) is 11.7 Å². The number of hydrogen-bond donors (Lipinski definition) is 1. The van der Waals surface area contributed by atoms with Crippen molar-refractivity contribution >= 4 is 0 Å². The third-order valence-electron chi connectivity index (χ3n) is 3.94. The molecule has 1 aromatic carbocycles. The van der Waals surface area contributed by atoms with Gasteiger partial charge in [-0.05, 0) is 50.4 Å². The minimum atomic E-state index is 0.428. The summed E-state index contributed by atoms with van der Waals surface area (Å²) < 4.78 is 0. The molecule has 1 aliphatic carbocycles. The summed E-state index contributed by atoms with van der Waals surface area (Å²) in [6.07, 6.45) is 3.44. The number of nitrogens with zero attached hydrogens (tertiary/aromatic N) is 1. The Kier molecular flexibility index (Phi) is 3.85. The summed E-state index contributed by atoms with van der Waals surface area (Å²) in [5.74, 6) is 0.729. The van der Waals surface area contributed by atoms with E-state index in [0.717, 1.165) is 12.3 Å². The van der Waals surface area contributed by atoms with Gasteiger partial charge in [-0.15, -0.1) is 0 Å². The zero-order valence-corrected chi connectivity index (χ0v) is 11.2. The molecule has 0 aliphatic heterocycles. The van der Waals surface area contributed by atoms with Gasteiger partial charge in [0.1, 0.15) is 0 Å². The minimum absolute atomic E-state index is 0.428. The molecule has 0 spiro atoms. The van der Waals surface area contributed by atoms with Crippen LogP contribution in [-0.2, 0) is 6.42 Å². The van der Waals surface area contributed by atoms with E-state index in [9.17, 15) is 0 Å². The van der Waals surface area contributed by atoms with Gasteiger partial charge in [-0.2, -0.15) is 0 Å². The highest BCUT2D eigenvalue weighted by molar-refractivity contribution is 5.26. The van der Waals surface area contributed by atoms with E-state index >= 15 is 0 Å². The molecule has 17 heavy (non-hydrogen) atoms. The first-order valence-electron chi connectivity index (χ1n) is 6.62. The van der Waals surface area contributed by atoms with Gasteiger partial charge in [-0.3, -0.25) is 0 Å². The van der Waals surface area contributed by atoms with E-state index in [1.165, 1.54) is 24.0 Å². The van der Waals surface area contributed by atoms with E-state index in [-0.39, 0.29) is 0 Å². The molecule has 1 unspecified atom stereocenters. The summed E-state index contributed by atoms with van der Waals surface area (Å²) in [5.41, 5.74) is 8.76. The summed E-state index contributed by atoms with van der Waals surface area (Å²) >= 11 is 0. The molecule has 0 aromatic heterocycles. The average molecular weight is 232 g/mol. The van der Waals surface area contributed by atoms with Crippen LogP contribution in [0.4, 0.5) is 0 Å². The Morgan fingerprint density at radius 2 is 1.82 bits per heavy atom. The summed E-state index contributed by atoms with van der Waals surface area (Å²) in [6, 6.07) is 10.0. The van der Waals surface area contributed by atoms with E-state index in [2.05, 4.69) is 50.2 Å². The van der Waals surface area contributed by atoms with Crippen molar-refractivity contribution in [3.63, 3.8) is 0 Å². The zero-order valence-electron chi connectivity index (χ0n) is 11.2. The summed E-state index contributed by atoms with van der Waals surface area (Å²) in [5, 5.41) is 0.